The Morgan fingerprint density at radius 2 is 1.31 bits per heavy atom. The van der Waals surface area contributed by atoms with Gasteiger partial charge in [-0.25, -0.2) is 0 Å². The number of hydrogen-bond donors (Lipinski definition) is 0. The lowest BCUT2D eigenvalue weighted by Crippen LogP contribution is -2.29. The van der Waals surface area contributed by atoms with Gasteiger partial charge in [0.15, 0.2) is 0 Å². The van der Waals surface area contributed by atoms with Crippen molar-refractivity contribution in [1.29, 1.82) is 0 Å². The number of ether oxygens (including phenoxy) is 1. The summed E-state index contributed by atoms with van der Waals surface area (Å²) in [4.78, 5) is 0. The van der Waals surface area contributed by atoms with Crippen LogP contribution in [0.15, 0.2) is 12.2 Å². The van der Waals surface area contributed by atoms with Gasteiger partial charge in [-0.2, -0.15) is 0 Å². The molecule has 0 bridgehead atoms. The molecule has 3 saturated carbocycles. The molecule has 26 heavy (non-hydrogen) atoms. The quantitative estimate of drug-likeness (QED) is 0.426. The highest BCUT2D eigenvalue weighted by molar-refractivity contribution is 4.89. The summed E-state index contributed by atoms with van der Waals surface area (Å²) < 4.78 is 6.35. The molecule has 1 heteroatoms. The van der Waals surface area contributed by atoms with Crippen molar-refractivity contribution >= 4 is 0 Å². The van der Waals surface area contributed by atoms with E-state index in [-0.39, 0.29) is 0 Å². The summed E-state index contributed by atoms with van der Waals surface area (Å²) in [7, 11) is 0. The maximum absolute atomic E-state index is 6.35. The van der Waals surface area contributed by atoms with Gasteiger partial charge in [-0.05, 0) is 101 Å². The van der Waals surface area contributed by atoms with Crippen LogP contribution in [0, 0.1) is 29.6 Å². The fourth-order valence-electron chi connectivity index (χ4n) is 6.17. The molecule has 0 aromatic heterocycles. The van der Waals surface area contributed by atoms with Crippen LogP contribution < -0.4 is 0 Å². The highest BCUT2D eigenvalue weighted by Crippen LogP contribution is 2.42. The van der Waals surface area contributed by atoms with Gasteiger partial charge in [-0.1, -0.05) is 44.8 Å². The minimum Gasteiger partial charge on any atom is -0.378 e. The molecule has 3 aliphatic rings. The van der Waals surface area contributed by atoms with Gasteiger partial charge in [0, 0.05) is 6.61 Å². The van der Waals surface area contributed by atoms with Crippen molar-refractivity contribution in [3.8, 4) is 0 Å². The largest absolute Gasteiger partial charge is 0.378 e. The maximum Gasteiger partial charge on any atom is 0.0575 e. The Morgan fingerprint density at radius 3 is 1.85 bits per heavy atom. The van der Waals surface area contributed by atoms with E-state index >= 15 is 0 Å². The molecule has 0 radical (unpaired) electrons. The van der Waals surface area contributed by atoms with Gasteiger partial charge in [-0.3, -0.25) is 0 Å². The number of rotatable bonds is 7. The van der Waals surface area contributed by atoms with Crippen LogP contribution in [0.5, 0.6) is 0 Å². The Labute approximate surface area is 163 Å². The van der Waals surface area contributed by atoms with Crippen LogP contribution in [0.25, 0.3) is 0 Å². The number of allylic oxidation sites excluding steroid dienone is 2. The van der Waals surface area contributed by atoms with E-state index in [1.165, 1.54) is 89.9 Å². The first-order valence-corrected chi connectivity index (χ1v) is 12.0. The molecule has 0 saturated heterocycles. The molecule has 0 unspecified atom stereocenters. The average molecular weight is 361 g/mol. The van der Waals surface area contributed by atoms with Gasteiger partial charge in [-0.15, -0.1) is 0 Å². The lowest BCUT2D eigenvalue weighted by molar-refractivity contribution is -0.00944. The van der Waals surface area contributed by atoms with Gasteiger partial charge in [0.05, 0.1) is 6.10 Å². The van der Waals surface area contributed by atoms with Crippen molar-refractivity contribution in [2.24, 2.45) is 29.6 Å². The summed E-state index contributed by atoms with van der Waals surface area (Å²) in [5.41, 5.74) is 0. The molecule has 0 heterocycles. The monoisotopic (exact) mass is 360 g/mol. The second-order valence-corrected chi connectivity index (χ2v) is 9.75. The zero-order valence-corrected chi connectivity index (χ0v) is 17.6. The van der Waals surface area contributed by atoms with Crippen molar-refractivity contribution in [2.75, 3.05) is 6.61 Å². The third-order valence-corrected chi connectivity index (χ3v) is 7.90. The van der Waals surface area contributed by atoms with E-state index < -0.39 is 0 Å². The lowest BCUT2D eigenvalue weighted by Gasteiger charge is -2.38. The topological polar surface area (TPSA) is 9.23 Å². The third-order valence-electron chi connectivity index (χ3n) is 7.90. The first kappa shape index (κ1) is 20.4. The first-order valence-electron chi connectivity index (χ1n) is 12.0. The van der Waals surface area contributed by atoms with E-state index in [4.69, 9.17) is 4.74 Å². The molecular formula is C25H44O. The highest BCUT2D eigenvalue weighted by atomic mass is 16.5. The van der Waals surface area contributed by atoms with Crippen LogP contribution >= 0.6 is 0 Å². The molecule has 3 fully saturated rings. The van der Waals surface area contributed by atoms with E-state index in [1.807, 2.05) is 0 Å². The van der Waals surface area contributed by atoms with Crippen LogP contribution in [0.1, 0.15) is 104 Å². The molecule has 3 aliphatic carbocycles. The van der Waals surface area contributed by atoms with E-state index in [9.17, 15) is 0 Å². The van der Waals surface area contributed by atoms with Gasteiger partial charge in [0.25, 0.3) is 0 Å². The fourth-order valence-corrected chi connectivity index (χ4v) is 6.17. The lowest BCUT2D eigenvalue weighted by atomic mass is 9.69. The summed E-state index contributed by atoms with van der Waals surface area (Å²) in [5, 5.41) is 0. The molecule has 0 aliphatic heterocycles. The normalized spacial score (nSPS) is 39.3. The van der Waals surface area contributed by atoms with Crippen molar-refractivity contribution in [2.45, 2.75) is 110 Å². The molecule has 150 valence electrons. The second-order valence-electron chi connectivity index (χ2n) is 9.75. The molecule has 0 N–H and O–H groups in total. The van der Waals surface area contributed by atoms with Crippen molar-refractivity contribution in [3.05, 3.63) is 12.2 Å². The summed E-state index contributed by atoms with van der Waals surface area (Å²) in [5.74, 6) is 4.85. The van der Waals surface area contributed by atoms with Gasteiger partial charge < -0.3 is 4.74 Å². The van der Waals surface area contributed by atoms with Crippen LogP contribution in [0.2, 0.25) is 0 Å². The standard InChI is InChI=1S/C25H44O/c1-3-5-20-7-13-23(14-8-20)24-15-9-22(10-16-24)19-26-25-17-11-21(6-4-2)12-18-25/h4,6,20-25H,3,5,7-19H2,1-2H3. The Morgan fingerprint density at radius 1 is 0.731 bits per heavy atom. The summed E-state index contributed by atoms with van der Waals surface area (Å²) >= 11 is 0. The Balaban J connectivity index is 1.29. The molecule has 1 nitrogen and oxygen atoms in total. The zero-order valence-electron chi connectivity index (χ0n) is 17.6. The molecule has 0 atom stereocenters. The van der Waals surface area contributed by atoms with Crippen LogP contribution in [-0.2, 0) is 4.74 Å². The highest BCUT2D eigenvalue weighted by Gasteiger charge is 2.31. The summed E-state index contributed by atoms with van der Waals surface area (Å²) in [6, 6.07) is 0. The molecule has 0 amide bonds. The van der Waals surface area contributed by atoms with Crippen molar-refractivity contribution in [1.82, 2.24) is 0 Å². The molecule has 0 aromatic rings. The Hall–Kier alpha value is -0.300. The Bertz CT molecular complexity index is 390. The van der Waals surface area contributed by atoms with Gasteiger partial charge in [0.1, 0.15) is 0 Å². The average Bonchev–Trinajstić information content (AvgIpc) is 2.69. The van der Waals surface area contributed by atoms with Crippen molar-refractivity contribution < 1.29 is 4.74 Å². The summed E-state index contributed by atoms with van der Waals surface area (Å²) in [6.07, 6.45) is 25.3. The Kier molecular flexibility index (Phi) is 8.56. The number of hydrogen-bond acceptors (Lipinski definition) is 1. The predicted octanol–water partition coefficient (Wildman–Crippen LogP) is 7.55. The molecule has 0 aromatic carbocycles. The van der Waals surface area contributed by atoms with Crippen LogP contribution in [-0.4, -0.2) is 12.7 Å². The van der Waals surface area contributed by atoms with Gasteiger partial charge >= 0.3 is 0 Å². The molecule has 0 spiro atoms. The second kappa shape index (κ2) is 10.9. The van der Waals surface area contributed by atoms with E-state index in [0.717, 1.165) is 36.2 Å². The van der Waals surface area contributed by atoms with E-state index in [1.54, 1.807) is 0 Å². The minimum atomic E-state index is 0.558. The minimum absolute atomic E-state index is 0.558. The fraction of sp³-hybridized carbons (Fsp3) is 0.920. The van der Waals surface area contributed by atoms with E-state index in [0.29, 0.717) is 6.10 Å². The SMILES string of the molecule is CC=CC1CCC(OCC2CCC(C3CCC(CCC)CC3)CC2)CC1. The predicted molar refractivity (Wildman–Crippen MR) is 112 cm³/mol. The van der Waals surface area contributed by atoms with Crippen LogP contribution in [0.4, 0.5) is 0 Å². The molecular weight excluding hydrogens is 316 g/mol. The smallest absolute Gasteiger partial charge is 0.0575 e. The third kappa shape index (κ3) is 6.11. The summed E-state index contributed by atoms with van der Waals surface area (Å²) in [6.45, 7) is 5.55. The van der Waals surface area contributed by atoms with E-state index in [2.05, 4.69) is 26.0 Å². The van der Waals surface area contributed by atoms with Gasteiger partial charge in [0.2, 0.25) is 0 Å². The first-order chi connectivity index (χ1) is 12.8. The molecule has 3 rings (SSSR count). The van der Waals surface area contributed by atoms with Crippen LogP contribution in [0.3, 0.4) is 0 Å². The zero-order chi connectivity index (χ0) is 18.2. The van der Waals surface area contributed by atoms with Crippen molar-refractivity contribution in [3.63, 3.8) is 0 Å². The maximum atomic E-state index is 6.35.